The molecule has 2 atom stereocenters. The van der Waals surface area contributed by atoms with E-state index in [1.807, 2.05) is 19.1 Å². The maximum atomic E-state index is 13.0. The Bertz CT molecular complexity index is 982. The summed E-state index contributed by atoms with van der Waals surface area (Å²) in [5.74, 6) is -1.79. The highest BCUT2D eigenvalue weighted by atomic mass is 32.2. The quantitative estimate of drug-likeness (QED) is 0.752. The number of fused-ring (bicyclic) bond motifs is 1. The van der Waals surface area contributed by atoms with Crippen molar-refractivity contribution in [1.29, 1.82) is 0 Å². The summed E-state index contributed by atoms with van der Waals surface area (Å²) in [6, 6.07) is 12.2. The smallest absolute Gasteiger partial charge is 0.324 e. The number of aryl methyl sites for hydroxylation is 2. The summed E-state index contributed by atoms with van der Waals surface area (Å²) in [6.07, 6.45) is 0.963. The Kier molecular flexibility index (Phi) is 5.96. The van der Waals surface area contributed by atoms with Crippen molar-refractivity contribution in [2.45, 2.75) is 37.6 Å². The van der Waals surface area contributed by atoms with Crippen LogP contribution in [-0.4, -0.2) is 32.8 Å². The second-order valence-corrected chi connectivity index (χ2v) is 8.54. The molecule has 1 aliphatic rings. The summed E-state index contributed by atoms with van der Waals surface area (Å²) in [4.78, 5) is 25.6. The second kappa shape index (κ2) is 8.24. The highest BCUT2D eigenvalue weighted by Gasteiger charge is 2.40. The summed E-state index contributed by atoms with van der Waals surface area (Å²) in [7, 11) is -3.99. The molecule has 0 saturated heterocycles. The zero-order valence-electron chi connectivity index (χ0n) is 15.8. The van der Waals surface area contributed by atoms with Crippen LogP contribution in [0.3, 0.4) is 0 Å². The van der Waals surface area contributed by atoms with Crippen molar-refractivity contribution >= 4 is 21.8 Å². The van der Waals surface area contributed by atoms with Gasteiger partial charge in [0.1, 0.15) is 6.04 Å². The Morgan fingerprint density at radius 3 is 2.54 bits per heavy atom. The van der Waals surface area contributed by atoms with E-state index < -0.39 is 28.0 Å². The van der Waals surface area contributed by atoms with Crippen LogP contribution in [0.4, 0.5) is 0 Å². The summed E-state index contributed by atoms with van der Waals surface area (Å²) < 4.78 is 33.2. The van der Waals surface area contributed by atoms with Crippen LogP contribution in [0.15, 0.2) is 53.4 Å². The monoisotopic (exact) mass is 401 g/mol. The molecule has 2 aromatic rings. The van der Waals surface area contributed by atoms with Crippen LogP contribution in [-0.2, 0) is 26.0 Å². The van der Waals surface area contributed by atoms with Crippen LogP contribution in [0.2, 0.25) is 0 Å². The minimum Gasteiger partial charge on any atom is -0.465 e. The van der Waals surface area contributed by atoms with Crippen LogP contribution >= 0.6 is 0 Å². The Morgan fingerprint density at radius 2 is 1.86 bits per heavy atom. The Balaban J connectivity index is 1.93. The zero-order chi connectivity index (χ0) is 20.3. The lowest BCUT2D eigenvalue weighted by molar-refractivity contribution is -0.146. The maximum absolute atomic E-state index is 13.0. The molecule has 0 aromatic heterocycles. The first kappa shape index (κ1) is 20.2. The lowest BCUT2D eigenvalue weighted by Crippen LogP contribution is -2.50. The number of hydrogen-bond acceptors (Lipinski definition) is 5. The standard InChI is InChI=1S/C21H23NO5S/c1-3-27-21(24)19(22-28(25,26)16-11-8-14(2)9-12-16)18-13-10-15-6-4-5-7-17(15)20(18)23/h4-9,11-12,18-19,22H,3,10,13H2,1-2H3/t18-,19+/m1/s1. The van der Waals surface area contributed by atoms with Gasteiger partial charge in [-0.25, -0.2) is 8.42 Å². The summed E-state index contributed by atoms with van der Waals surface area (Å²) in [5.41, 5.74) is 2.36. The van der Waals surface area contributed by atoms with Gasteiger partial charge in [0.25, 0.3) is 0 Å². The molecule has 0 aliphatic heterocycles. The third-order valence-corrected chi connectivity index (χ3v) is 6.36. The zero-order valence-corrected chi connectivity index (χ0v) is 16.7. The molecule has 148 valence electrons. The molecule has 0 spiro atoms. The molecule has 0 unspecified atom stereocenters. The van der Waals surface area contributed by atoms with Crippen molar-refractivity contribution in [2.75, 3.05) is 6.61 Å². The predicted molar refractivity (Wildman–Crippen MR) is 105 cm³/mol. The second-order valence-electron chi connectivity index (χ2n) is 6.83. The molecular weight excluding hydrogens is 378 g/mol. The molecule has 1 N–H and O–H groups in total. The first-order valence-corrected chi connectivity index (χ1v) is 10.7. The molecular formula is C21H23NO5S. The number of Topliss-reactive ketones (excluding diaryl/α,β-unsaturated/α-hetero) is 1. The molecule has 0 bridgehead atoms. The normalized spacial score (nSPS) is 17.6. The molecule has 28 heavy (non-hydrogen) atoms. The Morgan fingerprint density at radius 1 is 1.18 bits per heavy atom. The van der Waals surface area contributed by atoms with Gasteiger partial charge in [0, 0.05) is 11.5 Å². The van der Waals surface area contributed by atoms with E-state index in [1.165, 1.54) is 12.1 Å². The van der Waals surface area contributed by atoms with Crippen LogP contribution in [0.5, 0.6) is 0 Å². The largest absolute Gasteiger partial charge is 0.465 e. The maximum Gasteiger partial charge on any atom is 0.324 e. The highest BCUT2D eigenvalue weighted by molar-refractivity contribution is 7.89. The number of esters is 1. The molecule has 0 radical (unpaired) electrons. The average Bonchev–Trinajstić information content (AvgIpc) is 2.67. The van der Waals surface area contributed by atoms with Gasteiger partial charge in [-0.1, -0.05) is 42.0 Å². The van der Waals surface area contributed by atoms with Crippen LogP contribution < -0.4 is 4.72 Å². The minimum atomic E-state index is -3.99. The Labute approximate surface area is 165 Å². The summed E-state index contributed by atoms with van der Waals surface area (Å²) in [5, 5.41) is 0. The van der Waals surface area contributed by atoms with E-state index in [9.17, 15) is 18.0 Å². The van der Waals surface area contributed by atoms with Crippen molar-refractivity contribution in [2.24, 2.45) is 5.92 Å². The lowest BCUT2D eigenvalue weighted by Gasteiger charge is -2.29. The van der Waals surface area contributed by atoms with Gasteiger partial charge in [-0.05, 0) is 44.4 Å². The van der Waals surface area contributed by atoms with Crippen molar-refractivity contribution in [3.8, 4) is 0 Å². The van der Waals surface area contributed by atoms with Gasteiger partial charge in [-0.3, -0.25) is 9.59 Å². The van der Waals surface area contributed by atoms with Crippen LogP contribution in [0, 0.1) is 12.8 Å². The number of benzene rings is 2. The number of hydrogen-bond donors (Lipinski definition) is 1. The number of ketones is 1. The molecule has 1 aliphatic carbocycles. The van der Waals surface area contributed by atoms with Crippen molar-refractivity contribution in [3.05, 3.63) is 65.2 Å². The van der Waals surface area contributed by atoms with Gasteiger partial charge in [-0.2, -0.15) is 4.72 Å². The van der Waals surface area contributed by atoms with Gasteiger partial charge < -0.3 is 4.74 Å². The number of ether oxygens (including phenoxy) is 1. The molecule has 7 heteroatoms. The van der Waals surface area contributed by atoms with Crippen LogP contribution in [0.25, 0.3) is 0 Å². The Hall–Kier alpha value is -2.51. The number of nitrogens with one attached hydrogen (secondary N) is 1. The predicted octanol–water partition coefficient (Wildman–Crippen LogP) is 2.65. The third-order valence-electron chi connectivity index (χ3n) is 4.90. The number of carbonyl (C=O) groups is 2. The minimum absolute atomic E-state index is 0.0380. The fourth-order valence-corrected chi connectivity index (χ4v) is 4.64. The summed E-state index contributed by atoms with van der Waals surface area (Å²) in [6.45, 7) is 3.59. The molecule has 2 aromatic carbocycles. The molecule has 0 amide bonds. The molecule has 3 rings (SSSR count). The van der Waals surface area contributed by atoms with E-state index >= 15 is 0 Å². The van der Waals surface area contributed by atoms with E-state index in [2.05, 4.69) is 4.72 Å². The van der Waals surface area contributed by atoms with E-state index in [0.29, 0.717) is 18.4 Å². The fourth-order valence-electron chi connectivity index (χ4n) is 3.42. The number of carbonyl (C=O) groups excluding carboxylic acids is 2. The van der Waals surface area contributed by atoms with Crippen molar-refractivity contribution < 1.29 is 22.7 Å². The third kappa shape index (κ3) is 4.15. The van der Waals surface area contributed by atoms with Crippen LogP contribution in [0.1, 0.15) is 34.8 Å². The molecule has 0 fully saturated rings. The molecule has 0 heterocycles. The fraction of sp³-hybridized carbons (Fsp3) is 0.333. The number of sulfonamides is 1. The van der Waals surface area contributed by atoms with Crippen molar-refractivity contribution in [3.63, 3.8) is 0 Å². The topological polar surface area (TPSA) is 89.5 Å². The lowest BCUT2D eigenvalue weighted by atomic mass is 9.79. The average molecular weight is 401 g/mol. The highest BCUT2D eigenvalue weighted by Crippen LogP contribution is 2.29. The van der Waals surface area contributed by atoms with E-state index in [0.717, 1.165) is 11.1 Å². The molecule has 0 saturated carbocycles. The van der Waals surface area contributed by atoms with E-state index in [1.54, 1.807) is 31.2 Å². The van der Waals surface area contributed by atoms with Gasteiger partial charge in [0.05, 0.1) is 11.5 Å². The van der Waals surface area contributed by atoms with E-state index in [-0.39, 0.29) is 17.3 Å². The summed E-state index contributed by atoms with van der Waals surface area (Å²) >= 11 is 0. The van der Waals surface area contributed by atoms with Gasteiger partial charge >= 0.3 is 5.97 Å². The van der Waals surface area contributed by atoms with Gasteiger partial charge in [-0.15, -0.1) is 0 Å². The van der Waals surface area contributed by atoms with Gasteiger partial charge in [0.2, 0.25) is 10.0 Å². The first-order valence-electron chi connectivity index (χ1n) is 9.21. The SMILES string of the molecule is CCOC(=O)[C@@H](NS(=O)(=O)c1ccc(C)cc1)[C@H]1CCc2ccccc2C1=O. The van der Waals surface area contributed by atoms with E-state index in [4.69, 9.17) is 4.74 Å². The van der Waals surface area contributed by atoms with Gasteiger partial charge in [0.15, 0.2) is 5.78 Å². The van der Waals surface area contributed by atoms with Crippen molar-refractivity contribution in [1.82, 2.24) is 4.72 Å². The molecule has 6 nitrogen and oxygen atoms in total. The number of rotatable bonds is 6. The first-order chi connectivity index (χ1) is 13.3.